The second-order valence-electron chi connectivity index (χ2n) is 7.26. The lowest BCUT2D eigenvalue weighted by Gasteiger charge is -2.07. The van der Waals surface area contributed by atoms with Crippen molar-refractivity contribution in [2.24, 2.45) is 0 Å². The minimum atomic E-state index is -0.416. The van der Waals surface area contributed by atoms with Gasteiger partial charge in [0.15, 0.2) is 5.76 Å². The number of rotatable bonds is 9. The van der Waals surface area contributed by atoms with E-state index in [1.54, 1.807) is 66.5 Å². The van der Waals surface area contributed by atoms with E-state index < -0.39 is 11.9 Å². The highest BCUT2D eigenvalue weighted by Gasteiger charge is 2.15. The maximum absolute atomic E-state index is 12.6. The summed E-state index contributed by atoms with van der Waals surface area (Å²) in [7, 11) is 2.94. The van der Waals surface area contributed by atoms with Crippen molar-refractivity contribution < 1.29 is 28.2 Å². The Morgan fingerprint density at radius 1 is 1.00 bits per heavy atom. The molecule has 9 nitrogen and oxygen atoms in total. The third-order valence-electron chi connectivity index (χ3n) is 4.97. The van der Waals surface area contributed by atoms with Crippen molar-refractivity contribution in [3.63, 3.8) is 0 Å². The van der Waals surface area contributed by atoms with Gasteiger partial charge in [-0.05, 0) is 48.0 Å². The van der Waals surface area contributed by atoms with Crippen LogP contribution in [0.1, 0.15) is 32.2 Å². The fourth-order valence-electron chi connectivity index (χ4n) is 3.25. The van der Waals surface area contributed by atoms with Crippen LogP contribution in [0.25, 0.3) is 0 Å². The molecule has 9 heteroatoms. The molecule has 1 amide bonds. The van der Waals surface area contributed by atoms with Crippen LogP contribution in [0.3, 0.4) is 0 Å². The maximum Gasteiger partial charge on any atom is 0.338 e. The van der Waals surface area contributed by atoms with Crippen LogP contribution in [-0.4, -0.2) is 35.9 Å². The van der Waals surface area contributed by atoms with Crippen LogP contribution in [0.4, 0.5) is 5.69 Å². The van der Waals surface area contributed by atoms with Crippen molar-refractivity contribution >= 4 is 17.6 Å². The number of esters is 1. The van der Waals surface area contributed by atoms with Gasteiger partial charge in [0.2, 0.25) is 0 Å². The van der Waals surface area contributed by atoms with E-state index in [9.17, 15) is 9.59 Å². The number of furan rings is 1. The van der Waals surface area contributed by atoms with E-state index >= 15 is 0 Å². The number of hydrogen-bond acceptors (Lipinski definition) is 7. The predicted molar refractivity (Wildman–Crippen MR) is 123 cm³/mol. The number of amides is 1. The number of benzene rings is 2. The molecule has 0 bridgehead atoms. The molecule has 0 saturated heterocycles. The van der Waals surface area contributed by atoms with Crippen molar-refractivity contribution in [1.29, 1.82) is 0 Å². The molecule has 34 heavy (non-hydrogen) atoms. The summed E-state index contributed by atoms with van der Waals surface area (Å²) in [5, 5.41) is 7.01. The molecule has 0 saturated carbocycles. The average Bonchev–Trinajstić information content (AvgIpc) is 3.52. The van der Waals surface area contributed by atoms with Crippen molar-refractivity contribution in [1.82, 2.24) is 9.78 Å². The highest BCUT2D eigenvalue weighted by molar-refractivity contribution is 6.02. The fourth-order valence-corrected chi connectivity index (χ4v) is 3.25. The number of ether oxygens (including phenoxy) is 3. The Bertz CT molecular complexity index is 1280. The summed E-state index contributed by atoms with van der Waals surface area (Å²) in [4.78, 5) is 24.5. The standard InChI is InChI=1S/C25H23N3O6/c1-31-19-7-9-20(10-8-19)33-16-21-11-12-23(34-21)24(29)27-18-13-26-28(15-18)14-17-5-3-4-6-22(17)25(30)32-2/h3-13,15H,14,16H2,1-2H3,(H,27,29). The number of carbonyl (C=O) groups is 2. The predicted octanol–water partition coefficient (Wildman–Crippen LogP) is 4.15. The Balaban J connectivity index is 1.34. The van der Waals surface area contributed by atoms with Gasteiger partial charge in [-0.3, -0.25) is 9.48 Å². The zero-order valence-corrected chi connectivity index (χ0v) is 18.7. The topological polar surface area (TPSA) is 105 Å². The Morgan fingerprint density at radius 3 is 2.53 bits per heavy atom. The molecule has 0 aliphatic carbocycles. The summed E-state index contributed by atoms with van der Waals surface area (Å²) in [6.45, 7) is 0.520. The van der Waals surface area contributed by atoms with E-state index in [-0.39, 0.29) is 12.4 Å². The van der Waals surface area contributed by atoms with Gasteiger partial charge in [-0.25, -0.2) is 4.79 Å². The smallest absolute Gasteiger partial charge is 0.338 e. The van der Waals surface area contributed by atoms with E-state index in [0.29, 0.717) is 29.3 Å². The molecular formula is C25H23N3O6. The quantitative estimate of drug-likeness (QED) is 0.373. The van der Waals surface area contributed by atoms with Gasteiger partial charge in [-0.1, -0.05) is 18.2 Å². The van der Waals surface area contributed by atoms with Crippen LogP contribution in [-0.2, 0) is 17.9 Å². The number of nitrogens with zero attached hydrogens (tertiary/aromatic N) is 2. The van der Waals surface area contributed by atoms with Crippen LogP contribution in [0.5, 0.6) is 11.5 Å². The van der Waals surface area contributed by atoms with Crippen LogP contribution >= 0.6 is 0 Å². The summed E-state index contributed by atoms with van der Waals surface area (Å²) in [6, 6.07) is 17.6. The van der Waals surface area contributed by atoms with E-state index in [0.717, 1.165) is 11.3 Å². The number of nitrogens with one attached hydrogen (secondary N) is 1. The largest absolute Gasteiger partial charge is 0.497 e. The molecule has 4 rings (SSSR count). The molecule has 0 unspecified atom stereocenters. The fraction of sp³-hybridized carbons (Fsp3) is 0.160. The van der Waals surface area contributed by atoms with Gasteiger partial charge in [0, 0.05) is 6.20 Å². The van der Waals surface area contributed by atoms with Gasteiger partial charge < -0.3 is 23.9 Å². The zero-order valence-electron chi connectivity index (χ0n) is 18.7. The lowest BCUT2D eigenvalue weighted by Crippen LogP contribution is -2.11. The molecular weight excluding hydrogens is 438 g/mol. The lowest BCUT2D eigenvalue weighted by molar-refractivity contribution is 0.0599. The minimum Gasteiger partial charge on any atom is -0.497 e. The summed E-state index contributed by atoms with van der Waals surface area (Å²) < 4.78 is 22.8. The maximum atomic E-state index is 12.6. The van der Waals surface area contributed by atoms with E-state index in [1.807, 2.05) is 12.1 Å². The molecule has 0 aliphatic rings. The van der Waals surface area contributed by atoms with Gasteiger partial charge in [0.1, 0.15) is 23.9 Å². The molecule has 174 valence electrons. The summed E-state index contributed by atoms with van der Waals surface area (Å²) in [5.74, 6) is 1.23. The van der Waals surface area contributed by atoms with Gasteiger partial charge in [0.05, 0.1) is 38.2 Å². The first-order valence-electron chi connectivity index (χ1n) is 10.4. The van der Waals surface area contributed by atoms with Crippen LogP contribution in [0.2, 0.25) is 0 Å². The Hall–Kier alpha value is -4.53. The Labute approximate surface area is 195 Å². The van der Waals surface area contributed by atoms with Crippen LogP contribution < -0.4 is 14.8 Å². The lowest BCUT2D eigenvalue weighted by atomic mass is 10.1. The van der Waals surface area contributed by atoms with E-state index in [4.69, 9.17) is 18.6 Å². The third kappa shape index (κ3) is 5.44. The Kier molecular flexibility index (Phi) is 6.92. The first-order valence-corrected chi connectivity index (χ1v) is 10.4. The van der Waals surface area contributed by atoms with Gasteiger partial charge in [0.25, 0.3) is 5.91 Å². The molecule has 2 heterocycles. The second-order valence-corrected chi connectivity index (χ2v) is 7.26. The molecule has 4 aromatic rings. The van der Waals surface area contributed by atoms with Gasteiger partial charge in [-0.15, -0.1) is 0 Å². The minimum absolute atomic E-state index is 0.150. The van der Waals surface area contributed by atoms with Crippen molar-refractivity contribution in [2.45, 2.75) is 13.2 Å². The third-order valence-corrected chi connectivity index (χ3v) is 4.97. The van der Waals surface area contributed by atoms with E-state index in [2.05, 4.69) is 10.4 Å². The molecule has 0 aliphatic heterocycles. The number of aromatic nitrogens is 2. The number of anilines is 1. The summed E-state index contributed by atoms with van der Waals surface area (Å²) in [5.41, 5.74) is 1.71. The second kappa shape index (κ2) is 10.4. The SMILES string of the molecule is COC(=O)c1ccccc1Cn1cc(NC(=O)c2ccc(COc3ccc(OC)cc3)o2)cn1. The molecule has 0 radical (unpaired) electrons. The molecule has 0 spiro atoms. The summed E-state index contributed by atoms with van der Waals surface area (Å²) in [6.07, 6.45) is 3.19. The first kappa shape index (κ1) is 22.7. The molecule has 0 atom stereocenters. The number of methoxy groups -OCH3 is 2. The van der Waals surface area contributed by atoms with E-state index in [1.165, 1.54) is 13.3 Å². The van der Waals surface area contributed by atoms with Gasteiger partial charge >= 0.3 is 5.97 Å². The molecule has 1 N–H and O–H groups in total. The summed E-state index contributed by atoms with van der Waals surface area (Å²) >= 11 is 0. The first-order chi connectivity index (χ1) is 16.6. The van der Waals surface area contributed by atoms with Crippen molar-refractivity contribution in [2.75, 3.05) is 19.5 Å². The molecule has 2 aromatic heterocycles. The highest BCUT2D eigenvalue weighted by atomic mass is 16.5. The van der Waals surface area contributed by atoms with Crippen molar-refractivity contribution in [3.8, 4) is 11.5 Å². The monoisotopic (exact) mass is 461 g/mol. The number of carbonyl (C=O) groups excluding carboxylic acids is 2. The highest BCUT2D eigenvalue weighted by Crippen LogP contribution is 2.19. The normalized spacial score (nSPS) is 10.5. The molecule has 2 aromatic carbocycles. The zero-order chi connectivity index (χ0) is 23.9. The number of hydrogen-bond donors (Lipinski definition) is 1. The average molecular weight is 461 g/mol. The Morgan fingerprint density at radius 2 is 1.76 bits per heavy atom. The van der Waals surface area contributed by atoms with Gasteiger partial charge in [-0.2, -0.15) is 5.10 Å². The van der Waals surface area contributed by atoms with Crippen molar-refractivity contribution in [3.05, 3.63) is 95.7 Å². The van der Waals surface area contributed by atoms with Crippen LogP contribution in [0, 0.1) is 0 Å². The van der Waals surface area contributed by atoms with Crippen LogP contribution in [0.15, 0.2) is 77.5 Å². The molecule has 0 fully saturated rings.